The molecule has 0 aromatic heterocycles. The topological polar surface area (TPSA) is 12.4 Å². The van der Waals surface area contributed by atoms with Crippen LogP contribution in [0.15, 0.2) is 22.7 Å². The summed E-state index contributed by atoms with van der Waals surface area (Å²) < 4.78 is 0. The van der Waals surface area contributed by atoms with Crippen LogP contribution in [0.4, 0.5) is 5.69 Å². The number of benzene rings is 1. The zero-order chi connectivity index (χ0) is 12.8. The molecular formula is C15H19NS. The van der Waals surface area contributed by atoms with Gasteiger partial charge in [0.25, 0.3) is 0 Å². The molecule has 1 nitrogen and oxygen atoms in total. The molecule has 0 atom stereocenters. The van der Waals surface area contributed by atoms with Gasteiger partial charge in [-0.3, -0.25) is 0 Å². The van der Waals surface area contributed by atoms with E-state index in [2.05, 4.69) is 56.1 Å². The number of nitrogens with zero attached hydrogens (tertiary/aromatic N) is 1. The van der Waals surface area contributed by atoms with E-state index in [0.29, 0.717) is 0 Å². The van der Waals surface area contributed by atoms with Crippen molar-refractivity contribution < 1.29 is 0 Å². The molecule has 17 heavy (non-hydrogen) atoms. The smallest absolute Gasteiger partial charge is 0.0803 e. The van der Waals surface area contributed by atoms with Crippen molar-refractivity contribution in [2.75, 3.05) is 0 Å². The van der Waals surface area contributed by atoms with Gasteiger partial charge in [0.15, 0.2) is 0 Å². The molecule has 0 aliphatic carbocycles. The Balaban J connectivity index is 3.43. The number of rotatable bonds is 4. The molecule has 0 radical (unpaired) electrons. The van der Waals surface area contributed by atoms with E-state index >= 15 is 0 Å². The number of hydrogen-bond donors (Lipinski definition) is 0. The van der Waals surface area contributed by atoms with Gasteiger partial charge in [0.2, 0.25) is 0 Å². The molecule has 90 valence electrons. The average Bonchev–Trinajstić information content (AvgIpc) is 2.30. The first-order valence-corrected chi connectivity index (χ1v) is 6.41. The lowest BCUT2D eigenvalue weighted by Gasteiger charge is -2.10. The van der Waals surface area contributed by atoms with Crippen molar-refractivity contribution in [2.24, 2.45) is 4.99 Å². The molecule has 0 saturated heterocycles. The number of isothiocyanates is 1. The average molecular weight is 245 g/mol. The molecule has 0 bridgehead atoms. The number of hydrogen-bond acceptors (Lipinski definition) is 2. The molecule has 1 rings (SSSR count). The molecule has 0 unspecified atom stereocenters. The van der Waals surface area contributed by atoms with Crippen molar-refractivity contribution in [1.29, 1.82) is 0 Å². The van der Waals surface area contributed by atoms with Gasteiger partial charge < -0.3 is 0 Å². The summed E-state index contributed by atoms with van der Waals surface area (Å²) in [5.74, 6) is 0. The summed E-state index contributed by atoms with van der Waals surface area (Å²) >= 11 is 4.72. The molecule has 0 spiro atoms. The fraction of sp³-hybridized carbons (Fsp3) is 0.400. The minimum absolute atomic E-state index is 0.966. The first-order chi connectivity index (χ1) is 8.12. The lowest BCUT2D eigenvalue weighted by atomic mass is 9.98. The Bertz CT molecular complexity index is 451. The molecule has 1 aromatic rings. The Hall–Kier alpha value is -1.24. The minimum atomic E-state index is 0.966. The van der Waals surface area contributed by atoms with Crippen molar-refractivity contribution in [2.45, 2.75) is 40.5 Å². The van der Waals surface area contributed by atoms with Crippen molar-refractivity contribution in [3.63, 3.8) is 0 Å². The number of aryl methyl sites for hydroxylation is 2. The first kappa shape index (κ1) is 13.8. The third-order valence-corrected chi connectivity index (χ3v) is 2.76. The van der Waals surface area contributed by atoms with E-state index in [4.69, 9.17) is 12.2 Å². The van der Waals surface area contributed by atoms with E-state index in [0.717, 1.165) is 18.5 Å². The molecule has 0 fully saturated rings. The third kappa shape index (κ3) is 3.62. The van der Waals surface area contributed by atoms with Gasteiger partial charge in [-0.1, -0.05) is 25.5 Å². The van der Waals surface area contributed by atoms with Crippen molar-refractivity contribution in [1.82, 2.24) is 0 Å². The van der Waals surface area contributed by atoms with Crippen LogP contribution < -0.4 is 0 Å². The maximum absolute atomic E-state index is 4.72. The quantitative estimate of drug-likeness (QED) is 0.539. The molecule has 0 aliphatic rings. The zero-order valence-electron chi connectivity index (χ0n) is 11.0. The van der Waals surface area contributed by atoms with E-state index in [-0.39, 0.29) is 0 Å². The number of thiocarbonyl (C=S) groups is 1. The van der Waals surface area contributed by atoms with Crippen LogP contribution in [-0.2, 0) is 12.8 Å². The Labute approximate surface area is 109 Å². The standard InChI is InChI=1S/C15H19NS/c1-5-13-8-12(7-11(3)4)9-14(6-2)15(13)16-10-17/h7-9H,5-6H2,1-4H3. The summed E-state index contributed by atoms with van der Waals surface area (Å²) in [5, 5.41) is 2.49. The van der Waals surface area contributed by atoms with Gasteiger partial charge in [0.1, 0.15) is 0 Å². The number of allylic oxidation sites excluding steroid dienone is 1. The molecule has 0 amide bonds. The van der Waals surface area contributed by atoms with Crippen LogP contribution in [0.25, 0.3) is 6.08 Å². The Morgan fingerprint density at radius 1 is 1.24 bits per heavy atom. The Morgan fingerprint density at radius 2 is 1.76 bits per heavy atom. The molecule has 0 saturated carbocycles. The Morgan fingerprint density at radius 3 is 2.12 bits per heavy atom. The van der Waals surface area contributed by atoms with Gasteiger partial charge in [-0.2, -0.15) is 4.99 Å². The predicted octanol–water partition coefficient (Wildman–Crippen LogP) is 4.97. The van der Waals surface area contributed by atoms with Gasteiger partial charge in [-0.15, -0.1) is 0 Å². The second kappa shape index (κ2) is 6.48. The summed E-state index contributed by atoms with van der Waals surface area (Å²) in [7, 11) is 0. The van der Waals surface area contributed by atoms with Crippen LogP contribution in [0, 0.1) is 0 Å². The fourth-order valence-corrected chi connectivity index (χ4v) is 2.02. The normalized spacial score (nSPS) is 9.65. The number of aliphatic imine (C=N–C) groups is 1. The molecular weight excluding hydrogens is 226 g/mol. The molecule has 0 heterocycles. The van der Waals surface area contributed by atoms with Gasteiger partial charge in [0.05, 0.1) is 10.8 Å². The maximum atomic E-state index is 4.72. The monoisotopic (exact) mass is 245 g/mol. The predicted molar refractivity (Wildman–Crippen MR) is 79.2 cm³/mol. The second-order valence-electron chi connectivity index (χ2n) is 4.32. The van der Waals surface area contributed by atoms with E-state index in [1.807, 2.05) is 0 Å². The van der Waals surface area contributed by atoms with Crippen LogP contribution in [0.5, 0.6) is 0 Å². The highest BCUT2D eigenvalue weighted by Crippen LogP contribution is 2.28. The minimum Gasteiger partial charge on any atom is -0.194 e. The van der Waals surface area contributed by atoms with Crippen molar-refractivity contribution >= 4 is 29.1 Å². The summed E-state index contributed by atoms with van der Waals surface area (Å²) in [4.78, 5) is 4.21. The lowest BCUT2D eigenvalue weighted by molar-refractivity contribution is 1.08. The summed E-state index contributed by atoms with van der Waals surface area (Å²) in [5.41, 5.74) is 6.06. The molecule has 0 N–H and O–H groups in total. The summed E-state index contributed by atoms with van der Waals surface area (Å²) in [6.07, 6.45) is 4.13. The highest BCUT2D eigenvalue weighted by atomic mass is 32.1. The van der Waals surface area contributed by atoms with Crippen LogP contribution in [0.1, 0.15) is 44.4 Å². The van der Waals surface area contributed by atoms with E-state index < -0.39 is 0 Å². The molecule has 2 heteroatoms. The van der Waals surface area contributed by atoms with E-state index in [1.54, 1.807) is 0 Å². The zero-order valence-corrected chi connectivity index (χ0v) is 11.8. The third-order valence-electron chi connectivity index (χ3n) is 2.66. The summed E-state index contributed by atoms with van der Waals surface area (Å²) in [6, 6.07) is 4.38. The summed E-state index contributed by atoms with van der Waals surface area (Å²) in [6.45, 7) is 8.51. The van der Waals surface area contributed by atoms with E-state index in [1.165, 1.54) is 22.3 Å². The van der Waals surface area contributed by atoms with Gasteiger partial charge >= 0.3 is 0 Å². The van der Waals surface area contributed by atoms with Gasteiger partial charge in [0, 0.05) is 0 Å². The van der Waals surface area contributed by atoms with Gasteiger partial charge in [-0.25, -0.2) is 0 Å². The Kier molecular flexibility index (Phi) is 5.27. The molecule has 1 aromatic carbocycles. The maximum Gasteiger partial charge on any atom is 0.0803 e. The SMILES string of the molecule is CCc1cc(C=C(C)C)cc(CC)c1N=C=S. The highest BCUT2D eigenvalue weighted by molar-refractivity contribution is 7.78. The largest absolute Gasteiger partial charge is 0.194 e. The van der Waals surface area contributed by atoms with Crippen molar-refractivity contribution in [3.05, 3.63) is 34.4 Å². The van der Waals surface area contributed by atoms with Gasteiger partial charge in [-0.05, 0) is 67.7 Å². The lowest BCUT2D eigenvalue weighted by Crippen LogP contribution is -1.91. The fourth-order valence-electron chi connectivity index (χ4n) is 1.93. The van der Waals surface area contributed by atoms with Crippen molar-refractivity contribution in [3.8, 4) is 0 Å². The van der Waals surface area contributed by atoms with Crippen LogP contribution in [0.2, 0.25) is 0 Å². The highest BCUT2D eigenvalue weighted by Gasteiger charge is 2.07. The van der Waals surface area contributed by atoms with Crippen LogP contribution >= 0.6 is 12.2 Å². The first-order valence-electron chi connectivity index (χ1n) is 6.00. The van der Waals surface area contributed by atoms with Crippen LogP contribution in [0.3, 0.4) is 0 Å². The van der Waals surface area contributed by atoms with Crippen LogP contribution in [-0.4, -0.2) is 5.16 Å². The second-order valence-corrected chi connectivity index (χ2v) is 4.50. The molecule has 0 aliphatic heterocycles. The van der Waals surface area contributed by atoms with E-state index in [9.17, 15) is 0 Å².